The minimum atomic E-state index is 0.578. The Labute approximate surface area is 115 Å². The predicted molar refractivity (Wildman–Crippen MR) is 81.0 cm³/mol. The van der Waals surface area contributed by atoms with E-state index in [0.29, 0.717) is 5.41 Å². The van der Waals surface area contributed by atoms with Crippen molar-refractivity contribution in [3.8, 4) is 0 Å². The van der Waals surface area contributed by atoms with Crippen molar-refractivity contribution in [3.63, 3.8) is 0 Å². The molecule has 1 N–H and O–H groups in total. The van der Waals surface area contributed by atoms with Gasteiger partial charge in [-0.1, -0.05) is 27.7 Å². The Morgan fingerprint density at radius 3 is 2.28 bits per heavy atom. The fourth-order valence-electron chi connectivity index (χ4n) is 2.67. The smallest absolute Gasteiger partial charge is 0.00674 e. The maximum Gasteiger partial charge on any atom is 0.00674 e. The molecule has 0 aromatic heterocycles. The standard InChI is InChI=1S/C16H34N2/c1-14(2)13-17-10-6-7-15(3)18-11-8-16(4,5)9-12-18/h14-15,17H,6-13H2,1-5H3. The largest absolute Gasteiger partial charge is 0.316 e. The molecule has 0 aliphatic carbocycles. The highest BCUT2D eigenvalue weighted by Gasteiger charge is 2.27. The Morgan fingerprint density at radius 1 is 1.11 bits per heavy atom. The highest BCUT2D eigenvalue weighted by molar-refractivity contribution is 4.81. The second-order valence-corrected chi connectivity index (χ2v) is 7.29. The molecule has 1 fully saturated rings. The lowest BCUT2D eigenvalue weighted by Gasteiger charge is -2.40. The van der Waals surface area contributed by atoms with Gasteiger partial charge in [-0.15, -0.1) is 0 Å². The molecule has 1 aliphatic rings. The number of nitrogens with one attached hydrogen (secondary N) is 1. The molecular formula is C16H34N2. The van der Waals surface area contributed by atoms with E-state index >= 15 is 0 Å². The molecule has 2 heteroatoms. The number of hydrogen-bond donors (Lipinski definition) is 1. The van der Waals surface area contributed by atoms with Gasteiger partial charge in [0.25, 0.3) is 0 Å². The summed E-state index contributed by atoms with van der Waals surface area (Å²) in [4.78, 5) is 2.69. The van der Waals surface area contributed by atoms with E-state index in [-0.39, 0.29) is 0 Å². The highest BCUT2D eigenvalue weighted by Crippen LogP contribution is 2.30. The van der Waals surface area contributed by atoms with Gasteiger partial charge in [-0.25, -0.2) is 0 Å². The summed E-state index contributed by atoms with van der Waals surface area (Å²) in [6.45, 7) is 16.7. The van der Waals surface area contributed by atoms with Crippen LogP contribution < -0.4 is 5.32 Å². The Kier molecular flexibility index (Phi) is 6.65. The summed E-state index contributed by atoms with van der Waals surface area (Å²) in [6, 6.07) is 0.766. The molecule has 1 rings (SSSR count). The van der Waals surface area contributed by atoms with Gasteiger partial charge in [0, 0.05) is 6.04 Å². The maximum absolute atomic E-state index is 3.54. The van der Waals surface area contributed by atoms with E-state index in [1.54, 1.807) is 0 Å². The van der Waals surface area contributed by atoms with Crippen LogP contribution >= 0.6 is 0 Å². The number of rotatable bonds is 7. The number of piperidine rings is 1. The molecule has 0 bridgehead atoms. The molecule has 2 nitrogen and oxygen atoms in total. The molecule has 1 unspecified atom stereocenters. The van der Waals surface area contributed by atoms with Crippen LogP contribution in [0.15, 0.2) is 0 Å². The van der Waals surface area contributed by atoms with E-state index in [2.05, 4.69) is 44.8 Å². The molecule has 0 aromatic rings. The van der Waals surface area contributed by atoms with Crippen molar-refractivity contribution in [1.29, 1.82) is 0 Å². The van der Waals surface area contributed by atoms with E-state index < -0.39 is 0 Å². The zero-order valence-electron chi connectivity index (χ0n) is 13.3. The molecule has 0 amide bonds. The van der Waals surface area contributed by atoms with Crippen molar-refractivity contribution in [1.82, 2.24) is 10.2 Å². The van der Waals surface area contributed by atoms with E-state index in [9.17, 15) is 0 Å². The normalized spacial score (nSPS) is 22.3. The Hall–Kier alpha value is -0.0800. The van der Waals surface area contributed by atoms with Gasteiger partial charge in [0.05, 0.1) is 0 Å². The zero-order valence-corrected chi connectivity index (χ0v) is 13.3. The summed E-state index contributed by atoms with van der Waals surface area (Å²) < 4.78 is 0. The van der Waals surface area contributed by atoms with Crippen molar-refractivity contribution < 1.29 is 0 Å². The van der Waals surface area contributed by atoms with Gasteiger partial charge < -0.3 is 10.2 Å². The predicted octanol–water partition coefficient (Wildman–Crippen LogP) is 3.52. The lowest BCUT2D eigenvalue weighted by atomic mass is 9.82. The lowest BCUT2D eigenvalue weighted by molar-refractivity contribution is 0.0959. The summed E-state index contributed by atoms with van der Waals surface area (Å²) in [5.41, 5.74) is 0.578. The first-order chi connectivity index (χ1) is 8.41. The molecule has 18 heavy (non-hydrogen) atoms. The SMILES string of the molecule is CC(C)CNCCCC(C)N1CCC(C)(C)CC1. The molecule has 0 aromatic carbocycles. The first kappa shape index (κ1) is 16.0. The van der Waals surface area contributed by atoms with Crippen molar-refractivity contribution in [2.45, 2.75) is 66.3 Å². The number of hydrogen-bond acceptors (Lipinski definition) is 2. The fourth-order valence-corrected chi connectivity index (χ4v) is 2.67. The first-order valence-corrected chi connectivity index (χ1v) is 7.85. The molecule has 1 saturated heterocycles. The third kappa shape index (κ3) is 6.19. The van der Waals surface area contributed by atoms with Crippen LogP contribution in [-0.2, 0) is 0 Å². The highest BCUT2D eigenvalue weighted by atomic mass is 15.2. The van der Waals surface area contributed by atoms with Crippen molar-refractivity contribution in [2.24, 2.45) is 11.3 Å². The van der Waals surface area contributed by atoms with Crippen molar-refractivity contribution >= 4 is 0 Å². The summed E-state index contributed by atoms with van der Waals surface area (Å²) in [5, 5.41) is 3.54. The van der Waals surface area contributed by atoms with Gasteiger partial charge in [0.15, 0.2) is 0 Å². The molecule has 0 saturated carbocycles. The van der Waals surface area contributed by atoms with Crippen LogP contribution in [0.3, 0.4) is 0 Å². The first-order valence-electron chi connectivity index (χ1n) is 7.85. The number of nitrogens with zero attached hydrogens (tertiary/aromatic N) is 1. The average Bonchev–Trinajstić information content (AvgIpc) is 2.27. The zero-order chi connectivity index (χ0) is 13.6. The van der Waals surface area contributed by atoms with Gasteiger partial charge in [-0.05, 0) is 70.1 Å². The molecule has 1 heterocycles. The monoisotopic (exact) mass is 254 g/mol. The van der Waals surface area contributed by atoms with E-state index in [1.807, 2.05) is 0 Å². The fraction of sp³-hybridized carbons (Fsp3) is 1.00. The van der Waals surface area contributed by atoms with Crippen LogP contribution in [0.5, 0.6) is 0 Å². The molecule has 1 aliphatic heterocycles. The Bertz CT molecular complexity index is 213. The van der Waals surface area contributed by atoms with Crippen molar-refractivity contribution in [2.75, 3.05) is 26.2 Å². The third-order valence-electron chi connectivity index (χ3n) is 4.30. The van der Waals surface area contributed by atoms with E-state index in [1.165, 1.54) is 45.3 Å². The summed E-state index contributed by atoms with van der Waals surface area (Å²) >= 11 is 0. The van der Waals surface area contributed by atoms with Crippen LogP contribution in [0.2, 0.25) is 0 Å². The minimum absolute atomic E-state index is 0.578. The van der Waals surface area contributed by atoms with Gasteiger partial charge in [0.1, 0.15) is 0 Å². The summed E-state index contributed by atoms with van der Waals surface area (Å²) in [7, 11) is 0. The average molecular weight is 254 g/mol. The van der Waals surface area contributed by atoms with Crippen LogP contribution in [0, 0.1) is 11.3 Å². The van der Waals surface area contributed by atoms with Gasteiger partial charge in [0.2, 0.25) is 0 Å². The minimum Gasteiger partial charge on any atom is -0.316 e. The summed E-state index contributed by atoms with van der Waals surface area (Å²) in [5.74, 6) is 0.770. The molecule has 108 valence electrons. The maximum atomic E-state index is 3.54. The molecular weight excluding hydrogens is 220 g/mol. The lowest BCUT2D eigenvalue weighted by Crippen LogP contribution is -2.42. The van der Waals surface area contributed by atoms with E-state index in [4.69, 9.17) is 0 Å². The van der Waals surface area contributed by atoms with Gasteiger partial charge in [-0.3, -0.25) is 0 Å². The number of likely N-dealkylation sites (tertiary alicyclic amines) is 1. The molecule has 0 radical (unpaired) electrons. The topological polar surface area (TPSA) is 15.3 Å². The second kappa shape index (κ2) is 7.49. The van der Waals surface area contributed by atoms with Crippen LogP contribution in [-0.4, -0.2) is 37.1 Å². The van der Waals surface area contributed by atoms with E-state index in [0.717, 1.165) is 18.5 Å². The summed E-state index contributed by atoms with van der Waals surface area (Å²) in [6.07, 6.45) is 5.38. The van der Waals surface area contributed by atoms with Crippen LogP contribution in [0.4, 0.5) is 0 Å². The van der Waals surface area contributed by atoms with Gasteiger partial charge in [-0.2, -0.15) is 0 Å². The Morgan fingerprint density at radius 2 is 1.72 bits per heavy atom. The van der Waals surface area contributed by atoms with Crippen LogP contribution in [0.1, 0.15) is 60.3 Å². The third-order valence-corrected chi connectivity index (χ3v) is 4.30. The Balaban J connectivity index is 2.08. The second-order valence-electron chi connectivity index (χ2n) is 7.29. The van der Waals surface area contributed by atoms with Gasteiger partial charge >= 0.3 is 0 Å². The van der Waals surface area contributed by atoms with Crippen LogP contribution in [0.25, 0.3) is 0 Å². The van der Waals surface area contributed by atoms with Crippen molar-refractivity contribution in [3.05, 3.63) is 0 Å². The molecule has 0 spiro atoms. The molecule has 1 atom stereocenters. The quantitative estimate of drug-likeness (QED) is 0.699.